The minimum absolute atomic E-state index is 0.0569. The number of carbonyl (C=O) groups is 1. The number of amides is 1. The van der Waals surface area contributed by atoms with Gasteiger partial charge in [0.25, 0.3) is 0 Å². The molecule has 1 saturated carbocycles. The fourth-order valence-corrected chi connectivity index (χ4v) is 2.41. The summed E-state index contributed by atoms with van der Waals surface area (Å²) in [7, 11) is 1.63. The first-order valence-corrected chi connectivity index (χ1v) is 6.63. The molecule has 0 saturated heterocycles. The van der Waals surface area contributed by atoms with Crippen LogP contribution in [0.3, 0.4) is 0 Å². The second kappa shape index (κ2) is 7.67. The van der Waals surface area contributed by atoms with Gasteiger partial charge in [-0.15, -0.1) is 0 Å². The van der Waals surface area contributed by atoms with Crippen LogP contribution in [0.4, 0.5) is 0 Å². The molecule has 1 aliphatic rings. The molecule has 1 fully saturated rings. The number of hydrogen-bond donors (Lipinski definition) is 2. The van der Waals surface area contributed by atoms with Gasteiger partial charge in [-0.2, -0.15) is 0 Å². The molecule has 4 nitrogen and oxygen atoms in total. The second-order valence-corrected chi connectivity index (χ2v) is 5.32. The fourth-order valence-electron chi connectivity index (χ4n) is 2.41. The van der Waals surface area contributed by atoms with Crippen molar-refractivity contribution < 1.29 is 9.53 Å². The number of nitrogens with one attached hydrogen (secondary N) is 2. The van der Waals surface area contributed by atoms with E-state index < -0.39 is 0 Å². The summed E-state index contributed by atoms with van der Waals surface area (Å²) in [4.78, 5) is 11.4. The monoisotopic (exact) mass is 242 g/mol. The van der Waals surface area contributed by atoms with E-state index in [1.165, 1.54) is 32.1 Å². The van der Waals surface area contributed by atoms with E-state index in [1.807, 2.05) is 0 Å². The number of hydrogen-bond acceptors (Lipinski definition) is 3. The molecule has 100 valence electrons. The van der Waals surface area contributed by atoms with Crippen LogP contribution in [0.1, 0.15) is 39.0 Å². The molecule has 1 rings (SSSR count). The van der Waals surface area contributed by atoms with E-state index in [-0.39, 0.29) is 5.91 Å². The van der Waals surface area contributed by atoms with Crippen molar-refractivity contribution in [2.75, 3.05) is 33.4 Å². The SMILES string of the molecule is COCCNC(=O)CNCC1(C)CCCCC1. The van der Waals surface area contributed by atoms with Gasteiger partial charge in [0.2, 0.25) is 5.91 Å². The highest BCUT2D eigenvalue weighted by Gasteiger charge is 2.26. The first-order valence-electron chi connectivity index (χ1n) is 6.63. The average molecular weight is 242 g/mol. The lowest BCUT2D eigenvalue weighted by Crippen LogP contribution is -2.40. The van der Waals surface area contributed by atoms with E-state index in [2.05, 4.69) is 17.6 Å². The molecule has 0 heterocycles. The third-order valence-electron chi connectivity index (χ3n) is 3.53. The first-order chi connectivity index (χ1) is 8.16. The molecule has 0 aromatic heterocycles. The van der Waals surface area contributed by atoms with Gasteiger partial charge >= 0.3 is 0 Å². The highest BCUT2D eigenvalue weighted by atomic mass is 16.5. The van der Waals surface area contributed by atoms with Crippen LogP contribution in [0.15, 0.2) is 0 Å². The van der Waals surface area contributed by atoms with Crippen LogP contribution in [0.25, 0.3) is 0 Å². The van der Waals surface area contributed by atoms with E-state index in [0.717, 1.165) is 6.54 Å². The molecular formula is C13H26N2O2. The molecule has 2 N–H and O–H groups in total. The van der Waals surface area contributed by atoms with Crippen LogP contribution in [-0.2, 0) is 9.53 Å². The fraction of sp³-hybridized carbons (Fsp3) is 0.923. The van der Waals surface area contributed by atoms with Crippen LogP contribution < -0.4 is 10.6 Å². The Kier molecular flexibility index (Phi) is 6.52. The second-order valence-electron chi connectivity index (χ2n) is 5.32. The minimum Gasteiger partial charge on any atom is -0.383 e. The Hall–Kier alpha value is -0.610. The Balaban J connectivity index is 2.07. The largest absolute Gasteiger partial charge is 0.383 e. The van der Waals surface area contributed by atoms with Gasteiger partial charge < -0.3 is 15.4 Å². The lowest BCUT2D eigenvalue weighted by molar-refractivity contribution is -0.120. The van der Waals surface area contributed by atoms with Crippen molar-refractivity contribution in [2.24, 2.45) is 5.41 Å². The van der Waals surface area contributed by atoms with Crippen LogP contribution in [0, 0.1) is 5.41 Å². The van der Waals surface area contributed by atoms with Crippen LogP contribution >= 0.6 is 0 Å². The minimum atomic E-state index is 0.0569. The molecule has 0 aromatic rings. The summed E-state index contributed by atoms with van der Waals surface area (Å²) in [6, 6.07) is 0. The maximum atomic E-state index is 11.4. The van der Waals surface area contributed by atoms with Gasteiger partial charge in [-0.1, -0.05) is 26.2 Å². The zero-order valence-corrected chi connectivity index (χ0v) is 11.2. The molecule has 0 atom stereocenters. The predicted molar refractivity (Wildman–Crippen MR) is 68.9 cm³/mol. The quantitative estimate of drug-likeness (QED) is 0.662. The first kappa shape index (κ1) is 14.5. The number of ether oxygens (including phenoxy) is 1. The van der Waals surface area contributed by atoms with Crippen molar-refractivity contribution in [3.05, 3.63) is 0 Å². The van der Waals surface area contributed by atoms with Crippen LogP contribution in [-0.4, -0.2) is 39.3 Å². The summed E-state index contributed by atoms with van der Waals surface area (Å²) < 4.78 is 4.87. The molecule has 0 aliphatic heterocycles. The molecule has 1 aliphatic carbocycles. The Morgan fingerprint density at radius 2 is 2.00 bits per heavy atom. The number of methoxy groups -OCH3 is 1. The van der Waals surface area contributed by atoms with E-state index in [1.54, 1.807) is 7.11 Å². The van der Waals surface area contributed by atoms with Gasteiger partial charge in [0.05, 0.1) is 13.2 Å². The Bertz CT molecular complexity index is 225. The van der Waals surface area contributed by atoms with Crippen LogP contribution in [0.5, 0.6) is 0 Å². The zero-order chi connectivity index (χ0) is 12.6. The molecule has 0 radical (unpaired) electrons. The summed E-state index contributed by atoms with van der Waals surface area (Å²) in [6.07, 6.45) is 6.60. The standard InChI is InChI=1S/C13H26N2O2/c1-13(6-4-3-5-7-13)11-14-10-12(16)15-8-9-17-2/h14H,3-11H2,1-2H3,(H,15,16). The van der Waals surface area contributed by atoms with Crippen molar-refractivity contribution in [3.63, 3.8) is 0 Å². The summed E-state index contributed by atoms with van der Waals surface area (Å²) >= 11 is 0. The third kappa shape index (κ3) is 6.03. The molecule has 17 heavy (non-hydrogen) atoms. The Morgan fingerprint density at radius 1 is 1.29 bits per heavy atom. The molecule has 0 spiro atoms. The highest BCUT2D eigenvalue weighted by Crippen LogP contribution is 2.34. The predicted octanol–water partition coefficient (Wildman–Crippen LogP) is 1.31. The lowest BCUT2D eigenvalue weighted by Gasteiger charge is -2.33. The summed E-state index contributed by atoms with van der Waals surface area (Å²) in [5.74, 6) is 0.0569. The van der Waals surface area contributed by atoms with E-state index in [9.17, 15) is 4.79 Å². The molecular weight excluding hydrogens is 216 g/mol. The van der Waals surface area contributed by atoms with Crippen molar-refractivity contribution in [2.45, 2.75) is 39.0 Å². The van der Waals surface area contributed by atoms with Crippen molar-refractivity contribution in [1.82, 2.24) is 10.6 Å². The van der Waals surface area contributed by atoms with Gasteiger partial charge in [-0.25, -0.2) is 0 Å². The van der Waals surface area contributed by atoms with E-state index in [0.29, 0.717) is 25.1 Å². The molecule has 1 amide bonds. The van der Waals surface area contributed by atoms with Crippen molar-refractivity contribution in [3.8, 4) is 0 Å². The zero-order valence-electron chi connectivity index (χ0n) is 11.2. The average Bonchev–Trinajstić information content (AvgIpc) is 2.30. The molecule has 0 aromatic carbocycles. The van der Waals surface area contributed by atoms with Gasteiger partial charge in [0.1, 0.15) is 0 Å². The maximum Gasteiger partial charge on any atom is 0.234 e. The van der Waals surface area contributed by atoms with E-state index in [4.69, 9.17) is 4.74 Å². The van der Waals surface area contributed by atoms with Gasteiger partial charge in [0.15, 0.2) is 0 Å². The topological polar surface area (TPSA) is 50.4 Å². The van der Waals surface area contributed by atoms with E-state index >= 15 is 0 Å². The number of carbonyl (C=O) groups excluding carboxylic acids is 1. The normalized spacial score (nSPS) is 18.9. The summed E-state index contributed by atoms with van der Waals surface area (Å²) in [5.41, 5.74) is 0.394. The smallest absolute Gasteiger partial charge is 0.234 e. The molecule has 4 heteroatoms. The molecule has 0 unspecified atom stereocenters. The Labute approximate surface area is 104 Å². The van der Waals surface area contributed by atoms with Gasteiger partial charge in [0, 0.05) is 20.2 Å². The van der Waals surface area contributed by atoms with Gasteiger partial charge in [-0.05, 0) is 18.3 Å². The summed E-state index contributed by atoms with van der Waals surface area (Å²) in [5, 5.41) is 6.08. The molecule has 0 bridgehead atoms. The van der Waals surface area contributed by atoms with Gasteiger partial charge in [-0.3, -0.25) is 4.79 Å². The van der Waals surface area contributed by atoms with Crippen molar-refractivity contribution >= 4 is 5.91 Å². The third-order valence-corrected chi connectivity index (χ3v) is 3.53. The highest BCUT2D eigenvalue weighted by molar-refractivity contribution is 5.77. The Morgan fingerprint density at radius 3 is 2.65 bits per heavy atom. The maximum absolute atomic E-state index is 11.4. The van der Waals surface area contributed by atoms with Crippen molar-refractivity contribution in [1.29, 1.82) is 0 Å². The number of rotatable bonds is 7. The summed E-state index contributed by atoms with van der Waals surface area (Å²) in [6.45, 7) is 4.85. The lowest BCUT2D eigenvalue weighted by atomic mass is 9.76. The van der Waals surface area contributed by atoms with Crippen LogP contribution in [0.2, 0.25) is 0 Å².